The van der Waals surface area contributed by atoms with Gasteiger partial charge in [0.05, 0.1) is 0 Å². The van der Waals surface area contributed by atoms with Crippen molar-refractivity contribution in [2.45, 2.75) is 6.54 Å². The molecule has 1 aromatic heterocycles. The molecule has 5 heteroatoms. The van der Waals surface area contributed by atoms with E-state index in [0.29, 0.717) is 12.2 Å². The van der Waals surface area contributed by atoms with E-state index in [2.05, 4.69) is 5.10 Å². The molecule has 1 heterocycles. The second-order valence-electron chi connectivity index (χ2n) is 4.08. The van der Waals surface area contributed by atoms with E-state index < -0.39 is 0 Å². The van der Waals surface area contributed by atoms with Gasteiger partial charge in [-0.05, 0) is 23.8 Å². The fraction of sp³-hybridized carbons (Fsp3) is 0.231. The Bertz CT molecular complexity index is 562. The number of anilines is 1. The zero-order valence-electron chi connectivity index (χ0n) is 10.5. The monoisotopic (exact) mass is 244 g/mol. The van der Waals surface area contributed by atoms with E-state index in [-0.39, 0.29) is 5.91 Å². The predicted molar refractivity (Wildman–Crippen MR) is 70.3 cm³/mol. The first-order valence-corrected chi connectivity index (χ1v) is 5.68. The molecule has 2 rings (SSSR count). The van der Waals surface area contributed by atoms with Gasteiger partial charge in [-0.3, -0.25) is 9.48 Å². The lowest BCUT2D eigenvalue weighted by atomic mass is 10.2. The number of carbonyl (C=O) groups is 1. The fourth-order valence-corrected chi connectivity index (χ4v) is 1.76. The van der Waals surface area contributed by atoms with E-state index in [4.69, 9.17) is 5.73 Å². The summed E-state index contributed by atoms with van der Waals surface area (Å²) in [6.45, 7) is 0.460. The number of carbonyl (C=O) groups excluding carboxylic acids is 1. The highest BCUT2D eigenvalue weighted by molar-refractivity contribution is 6.04. The minimum Gasteiger partial charge on any atom is -0.326 e. The molecule has 5 nitrogen and oxygen atoms in total. The Hall–Kier alpha value is -2.14. The standard InChI is InChI=1S/C13H16N4O/c1-16(11-5-3-4-10(8-11)9-14)13(18)12-6-7-15-17(12)2/h3-8H,9,14H2,1-2H3. The average Bonchev–Trinajstić information content (AvgIpc) is 2.83. The average molecular weight is 244 g/mol. The molecule has 0 aliphatic heterocycles. The molecular formula is C13H16N4O. The van der Waals surface area contributed by atoms with Crippen molar-refractivity contribution in [3.63, 3.8) is 0 Å². The second-order valence-corrected chi connectivity index (χ2v) is 4.08. The van der Waals surface area contributed by atoms with Gasteiger partial charge in [-0.1, -0.05) is 12.1 Å². The van der Waals surface area contributed by atoms with Crippen molar-refractivity contribution in [3.8, 4) is 0 Å². The number of hydrogen-bond acceptors (Lipinski definition) is 3. The van der Waals surface area contributed by atoms with Crippen LogP contribution in [-0.2, 0) is 13.6 Å². The van der Waals surface area contributed by atoms with Crippen molar-refractivity contribution in [1.29, 1.82) is 0 Å². The van der Waals surface area contributed by atoms with E-state index in [1.54, 1.807) is 35.9 Å². The molecule has 0 saturated carbocycles. The van der Waals surface area contributed by atoms with Gasteiger partial charge in [0.1, 0.15) is 5.69 Å². The van der Waals surface area contributed by atoms with Crippen LogP contribution in [0.4, 0.5) is 5.69 Å². The van der Waals surface area contributed by atoms with Crippen LogP contribution in [0.3, 0.4) is 0 Å². The zero-order valence-corrected chi connectivity index (χ0v) is 10.5. The molecule has 0 spiro atoms. The van der Waals surface area contributed by atoms with Gasteiger partial charge in [0, 0.05) is 32.5 Å². The number of aryl methyl sites for hydroxylation is 1. The summed E-state index contributed by atoms with van der Waals surface area (Å²) in [5, 5.41) is 4.00. The zero-order chi connectivity index (χ0) is 13.1. The lowest BCUT2D eigenvalue weighted by Gasteiger charge is -2.18. The molecule has 2 aromatic rings. The number of hydrogen-bond donors (Lipinski definition) is 1. The number of nitrogens with two attached hydrogens (primary N) is 1. The van der Waals surface area contributed by atoms with Crippen LogP contribution >= 0.6 is 0 Å². The van der Waals surface area contributed by atoms with Gasteiger partial charge in [-0.25, -0.2) is 0 Å². The van der Waals surface area contributed by atoms with Gasteiger partial charge < -0.3 is 10.6 Å². The molecule has 1 aromatic carbocycles. The Morgan fingerprint density at radius 3 is 2.83 bits per heavy atom. The third kappa shape index (κ3) is 2.26. The molecule has 0 radical (unpaired) electrons. The van der Waals surface area contributed by atoms with Crippen molar-refractivity contribution in [2.24, 2.45) is 12.8 Å². The van der Waals surface area contributed by atoms with Crippen molar-refractivity contribution in [2.75, 3.05) is 11.9 Å². The molecule has 94 valence electrons. The minimum atomic E-state index is -0.0934. The van der Waals surface area contributed by atoms with Gasteiger partial charge in [-0.15, -0.1) is 0 Å². The van der Waals surface area contributed by atoms with Crippen LogP contribution in [0.15, 0.2) is 36.5 Å². The largest absolute Gasteiger partial charge is 0.326 e. The van der Waals surface area contributed by atoms with E-state index in [1.165, 1.54) is 0 Å². The molecule has 0 aliphatic carbocycles. The van der Waals surface area contributed by atoms with E-state index in [0.717, 1.165) is 11.3 Å². The van der Waals surface area contributed by atoms with Crippen molar-refractivity contribution in [3.05, 3.63) is 47.8 Å². The lowest BCUT2D eigenvalue weighted by Crippen LogP contribution is -2.28. The molecule has 0 aliphatic rings. The molecule has 0 bridgehead atoms. The number of benzene rings is 1. The van der Waals surface area contributed by atoms with Gasteiger partial charge in [0.25, 0.3) is 5.91 Å². The van der Waals surface area contributed by atoms with E-state index in [1.807, 2.05) is 24.3 Å². The first kappa shape index (κ1) is 12.3. The maximum Gasteiger partial charge on any atom is 0.276 e. The molecule has 0 fully saturated rings. The summed E-state index contributed by atoms with van der Waals surface area (Å²) in [6.07, 6.45) is 1.61. The summed E-state index contributed by atoms with van der Waals surface area (Å²) < 4.78 is 1.56. The summed E-state index contributed by atoms with van der Waals surface area (Å²) in [5.74, 6) is -0.0934. The third-order valence-electron chi connectivity index (χ3n) is 2.88. The molecule has 2 N–H and O–H groups in total. The van der Waals surface area contributed by atoms with E-state index >= 15 is 0 Å². The molecule has 18 heavy (non-hydrogen) atoms. The van der Waals surface area contributed by atoms with Crippen LogP contribution < -0.4 is 10.6 Å². The van der Waals surface area contributed by atoms with Crippen LogP contribution in [0.5, 0.6) is 0 Å². The number of aromatic nitrogens is 2. The van der Waals surface area contributed by atoms with Crippen LogP contribution in [0.25, 0.3) is 0 Å². The highest BCUT2D eigenvalue weighted by Gasteiger charge is 2.16. The Balaban J connectivity index is 2.28. The third-order valence-corrected chi connectivity index (χ3v) is 2.88. The highest BCUT2D eigenvalue weighted by atomic mass is 16.2. The summed E-state index contributed by atoms with van der Waals surface area (Å²) in [4.78, 5) is 13.9. The first-order chi connectivity index (χ1) is 8.63. The Kier molecular flexibility index (Phi) is 3.43. The van der Waals surface area contributed by atoms with Crippen LogP contribution in [0.1, 0.15) is 16.1 Å². The minimum absolute atomic E-state index is 0.0934. The smallest absolute Gasteiger partial charge is 0.276 e. The fourth-order valence-electron chi connectivity index (χ4n) is 1.76. The number of amides is 1. The van der Waals surface area contributed by atoms with Crippen molar-refractivity contribution in [1.82, 2.24) is 9.78 Å². The topological polar surface area (TPSA) is 64.2 Å². The van der Waals surface area contributed by atoms with Crippen LogP contribution in [0.2, 0.25) is 0 Å². The maximum absolute atomic E-state index is 12.3. The Morgan fingerprint density at radius 1 is 1.44 bits per heavy atom. The quantitative estimate of drug-likeness (QED) is 0.881. The normalized spacial score (nSPS) is 10.4. The highest BCUT2D eigenvalue weighted by Crippen LogP contribution is 2.16. The molecule has 1 amide bonds. The molecular weight excluding hydrogens is 228 g/mol. The Morgan fingerprint density at radius 2 is 2.22 bits per heavy atom. The predicted octanol–water partition coefficient (Wildman–Crippen LogP) is 1.16. The van der Waals surface area contributed by atoms with Gasteiger partial charge in [0.2, 0.25) is 0 Å². The van der Waals surface area contributed by atoms with E-state index in [9.17, 15) is 4.79 Å². The van der Waals surface area contributed by atoms with Gasteiger partial charge in [-0.2, -0.15) is 5.10 Å². The SMILES string of the molecule is CN(C(=O)c1ccnn1C)c1cccc(CN)c1. The van der Waals surface area contributed by atoms with Crippen molar-refractivity contribution < 1.29 is 4.79 Å². The second kappa shape index (κ2) is 5.01. The molecule has 0 atom stereocenters. The molecule has 0 saturated heterocycles. The first-order valence-electron chi connectivity index (χ1n) is 5.68. The van der Waals surface area contributed by atoms with Gasteiger partial charge >= 0.3 is 0 Å². The summed E-state index contributed by atoms with van der Waals surface area (Å²) in [7, 11) is 3.49. The van der Waals surface area contributed by atoms with Crippen molar-refractivity contribution >= 4 is 11.6 Å². The van der Waals surface area contributed by atoms with Crippen LogP contribution in [-0.4, -0.2) is 22.7 Å². The van der Waals surface area contributed by atoms with Gasteiger partial charge in [0.15, 0.2) is 0 Å². The molecule has 0 unspecified atom stereocenters. The Labute approximate surface area is 106 Å². The summed E-state index contributed by atoms with van der Waals surface area (Å²) >= 11 is 0. The number of rotatable bonds is 3. The number of nitrogens with zero attached hydrogens (tertiary/aromatic N) is 3. The maximum atomic E-state index is 12.3. The van der Waals surface area contributed by atoms with Crippen LogP contribution in [0, 0.1) is 0 Å². The lowest BCUT2D eigenvalue weighted by molar-refractivity contribution is 0.0984. The summed E-state index contributed by atoms with van der Waals surface area (Å²) in [6, 6.07) is 9.32. The summed E-state index contributed by atoms with van der Waals surface area (Å²) in [5.41, 5.74) is 7.97.